The molecule has 0 aromatic rings. The Morgan fingerprint density at radius 2 is 1.93 bits per heavy atom. The van der Waals surface area contributed by atoms with E-state index in [4.69, 9.17) is 5.11 Å². The quantitative estimate of drug-likeness (QED) is 0.712. The van der Waals surface area contributed by atoms with Crippen molar-refractivity contribution < 1.29 is 18.3 Å². The lowest BCUT2D eigenvalue weighted by Crippen LogP contribution is -2.31. The molecule has 0 rings (SSSR count). The number of hydrogen-bond donors (Lipinski definition) is 1. The predicted molar refractivity (Wildman–Crippen MR) is 57.0 cm³/mol. The van der Waals surface area contributed by atoms with Gasteiger partial charge in [0, 0.05) is 0 Å². The standard InChI is InChI=1S/C8H14O4S.CH4/c1-4-5-13(11,12)7(3)6(2)8(9)10;/h4,6-7H,1,5H2,2-3H3,(H,9,10);1H4/t6-,7-;/m0./s1. The van der Waals surface area contributed by atoms with Gasteiger partial charge in [-0.3, -0.25) is 4.79 Å². The third kappa shape index (κ3) is 3.91. The van der Waals surface area contributed by atoms with Gasteiger partial charge >= 0.3 is 5.97 Å². The van der Waals surface area contributed by atoms with Crippen molar-refractivity contribution in [3.8, 4) is 0 Å². The first kappa shape index (κ1) is 15.6. The van der Waals surface area contributed by atoms with Crippen LogP contribution >= 0.6 is 0 Å². The van der Waals surface area contributed by atoms with Crippen LogP contribution in [0.1, 0.15) is 21.3 Å². The maximum absolute atomic E-state index is 11.3. The molecule has 0 saturated heterocycles. The maximum atomic E-state index is 11.3. The maximum Gasteiger partial charge on any atom is 0.307 e. The summed E-state index contributed by atoms with van der Waals surface area (Å²) in [4.78, 5) is 10.5. The van der Waals surface area contributed by atoms with Crippen LogP contribution in [0, 0.1) is 5.92 Å². The SMILES string of the molecule is C.C=CCS(=O)(=O)[C@@H](C)[C@H](C)C(=O)O. The first-order chi connectivity index (χ1) is 5.83. The number of hydrogen-bond acceptors (Lipinski definition) is 3. The molecule has 0 heterocycles. The molecule has 0 bridgehead atoms. The number of carboxylic acid groups (broad SMARTS) is 1. The second kappa shape index (κ2) is 5.80. The number of sulfone groups is 1. The van der Waals surface area contributed by atoms with E-state index in [2.05, 4.69) is 6.58 Å². The van der Waals surface area contributed by atoms with Crippen molar-refractivity contribution in [1.29, 1.82) is 0 Å². The summed E-state index contributed by atoms with van der Waals surface area (Å²) in [5.41, 5.74) is 0. The molecule has 0 aromatic carbocycles. The van der Waals surface area contributed by atoms with E-state index in [9.17, 15) is 13.2 Å². The summed E-state index contributed by atoms with van der Waals surface area (Å²) in [6.07, 6.45) is 1.26. The average Bonchev–Trinajstić information content (AvgIpc) is 2.01. The van der Waals surface area contributed by atoms with Crippen LogP contribution in [0.25, 0.3) is 0 Å². The molecule has 0 aromatic heterocycles. The summed E-state index contributed by atoms with van der Waals surface area (Å²) in [7, 11) is -3.35. The monoisotopic (exact) mass is 222 g/mol. The highest BCUT2D eigenvalue weighted by atomic mass is 32.2. The molecule has 5 heteroatoms. The van der Waals surface area contributed by atoms with Gasteiger partial charge < -0.3 is 5.11 Å². The van der Waals surface area contributed by atoms with Crippen LogP contribution in [0.2, 0.25) is 0 Å². The van der Waals surface area contributed by atoms with Crippen LogP contribution in [-0.4, -0.2) is 30.5 Å². The van der Waals surface area contributed by atoms with Crippen LogP contribution in [0.3, 0.4) is 0 Å². The van der Waals surface area contributed by atoms with Gasteiger partial charge in [0.05, 0.1) is 16.9 Å². The van der Waals surface area contributed by atoms with E-state index >= 15 is 0 Å². The summed E-state index contributed by atoms with van der Waals surface area (Å²) < 4.78 is 22.7. The fourth-order valence-corrected chi connectivity index (χ4v) is 2.20. The zero-order chi connectivity index (χ0) is 10.6. The van der Waals surface area contributed by atoms with E-state index in [1.54, 1.807) is 0 Å². The van der Waals surface area contributed by atoms with Crippen LogP contribution in [0.5, 0.6) is 0 Å². The Bertz CT molecular complexity index is 292. The molecular weight excluding hydrogens is 204 g/mol. The van der Waals surface area contributed by atoms with Gasteiger partial charge in [0.25, 0.3) is 0 Å². The van der Waals surface area contributed by atoms with E-state index in [-0.39, 0.29) is 13.2 Å². The Kier molecular flexibility index (Phi) is 6.47. The average molecular weight is 222 g/mol. The molecule has 1 N–H and O–H groups in total. The lowest BCUT2D eigenvalue weighted by molar-refractivity contribution is -0.141. The molecule has 0 fully saturated rings. The van der Waals surface area contributed by atoms with Gasteiger partial charge in [0.15, 0.2) is 9.84 Å². The normalized spacial score (nSPS) is 15.0. The first-order valence-corrected chi connectivity index (χ1v) is 5.59. The van der Waals surface area contributed by atoms with E-state index in [1.165, 1.54) is 19.9 Å². The topological polar surface area (TPSA) is 71.4 Å². The number of aliphatic carboxylic acids is 1. The summed E-state index contributed by atoms with van der Waals surface area (Å²) >= 11 is 0. The van der Waals surface area contributed by atoms with Crippen molar-refractivity contribution in [3.05, 3.63) is 12.7 Å². The van der Waals surface area contributed by atoms with Crippen LogP contribution in [-0.2, 0) is 14.6 Å². The fourth-order valence-electron chi connectivity index (χ4n) is 0.828. The lowest BCUT2D eigenvalue weighted by Gasteiger charge is -2.15. The van der Waals surface area contributed by atoms with Crippen molar-refractivity contribution in [2.45, 2.75) is 26.5 Å². The molecule has 0 aliphatic heterocycles. The minimum Gasteiger partial charge on any atom is -0.481 e. The molecule has 0 amide bonds. The van der Waals surface area contributed by atoms with E-state index in [0.717, 1.165) is 0 Å². The molecule has 4 nitrogen and oxygen atoms in total. The molecule has 14 heavy (non-hydrogen) atoms. The molecular formula is C9H18O4S. The molecule has 0 radical (unpaired) electrons. The third-order valence-electron chi connectivity index (χ3n) is 2.01. The number of rotatable bonds is 5. The van der Waals surface area contributed by atoms with Crippen LogP contribution in [0.4, 0.5) is 0 Å². The number of carboxylic acids is 1. The van der Waals surface area contributed by atoms with Gasteiger partial charge in [-0.2, -0.15) is 0 Å². The minimum absolute atomic E-state index is 0. The smallest absolute Gasteiger partial charge is 0.307 e. The second-order valence-corrected chi connectivity index (χ2v) is 5.35. The molecule has 2 atom stereocenters. The molecule has 0 aliphatic rings. The summed E-state index contributed by atoms with van der Waals surface area (Å²) in [6.45, 7) is 6.09. The Hall–Kier alpha value is -0.840. The minimum atomic E-state index is -3.35. The Labute approximate surface area is 85.6 Å². The highest BCUT2D eigenvalue weighted by molar-refractivity contribution is 7.92. The zero-order valence-electron chi connectivity index (χ0n) is 7.73. The molecule has 84 valence electrons. The van der Waals surface area contributed by atoms with Crippen molar-refractivity contribution in [2.24, 2.45) is 5.92 Å². The van der Waals surface area contributed by atoms with Crippen LogP contribution < -0.4 is 0 Å². The van der Waals surface area contributed by atoms with E-state index in [1.807, 2.05) is 0 Å². The van der Waals surface area contributed by atoms with Gasteiger partial charge in [0.1, 0.15) is 0 Å². The highest BCUT2D eigenvalue weighted by Crippen LogP contribution is 2.13. The summed E-state index contributed by atoms with van der Waals surface area (Å²) in [6, 6.07) is 0. The van der Waals surface area contributed by atoms with Crippen molar-refractivity contribution >= 4 is 15.8 Å². The van der Waals surface area contributed by atoms with Gasteiger partial charge in [-0.1, -0.05) is 20.4 Å². The third-order valence-corrected chi connectivity index (χ3v) is 4.25. The van der Waals surface area contributed by atoms with Crippen molar-refractivity contribution in [1.82, 2.24) is 0 Å². The van der Waals surface area contributed by atoms with Crippen molar-refractivity contribution in [3.63, 3.8) is 0 Å². The molecule has 0 saturated carbocycles. The molecule has 0 spiro atoms. The Morgan fingerprint density at radius 3 is 2.21 bits per heavy atom. The number of carbonyl (C=O) groups is 1. The predicted octanol–water partition coefficient (Wildman–Crippen LogP) is 1.33. The van der Waals surface area contributed by atoms with Gasteiger partial charge in [-0.05, 0) is 6.92 Å². The highest BCUT2D eigenvalue weighted by Gasteiger charge is 2.29. The van der Waals surface area contributed by atoms with Gasteiger partial charge in [0.2, 0.25) is 0 Å². The summed E-state index contributed by atoms with van der Waals surface area (Å²) in [5, 5.41) is 7.72. The fraction of sp³-hybridized carbons (Fsp3) is 0.667. The zero-order valence-corrected chi connectivity index (χ0v) is 8.54. The van der Waals surface area contributed by atoms with Crippen molar-refractivity contribution in [2.75, 3.05) is 5.75 Å². The largest absolute Gasteiger partial charge is 0.481 e. The van der Waals surface area contributed by atoms with Crippen LogP contribution in [0.15, 0.2) is 12.7 Å². The first-order valence-electron chi connectivity index (χ1n) is 3.88. The Balaban J connectivity index is 0. The lowest BCUT2D eigenvalue weighted by atomic mass is 10.1. The van der Waals surface area contributed by atoms with E-state index in [0.29, 0.717) is 0 Å². The second-order valence-electron chi connectivity index (χ2n) is 2.95. The van der Waals surface area contributed by atoms with E-state index < -0.39 is 27.0 Å². The van der Waals surface area contributed by atoms with Gasteiger partial charge in [-0.15, -0.1) is 6.58 Å². The van der Waals surface area contributed by atoms with Gasteiger partial charge in [-0.25, -0.2) is 8.42 Å². The molecule has 0 unspecified atom stereocenters. The summed E-state index contributed by atoms with van der Waals surface area (Å²) in [5.74, 6) is -2.16. The Morgan fingerprint density at radius 1 is 1.50 bits per heavy atom. The molecule has 0 aliphatic carbocycles.